The second-order valence-electron chi connectivity index (χ2n) is 5.33. The molecule has 1 N–H and O–H groups in total. The van der Waals surface area contributed by atoms with Crippen LogP contribution in [0.25, 0.3) is 0 Å². The van der Waals surface area contributed by atoms with Gasteiger partial charge in [0.2, 0.25) is 0 Å². The summed E-state index contributed by atoms with van der Waals surface area (Å²) in [5.74, 6) is 1.90. The van der Waals surface area contributed by atoms with Crippen molar-refractivity contribution in [1.82, 2.24) is 4.90 Å². The van der Waals surface area contributed by atoms with Crippen LogP contribution in [-0.4, -0.2) is 29.7 Å². The Morgan fingerprint density at radius 1 is 1.39 bits per heavy atom. The van der Waals surface area contributed by atoms with Gasteiger partial charge in [-0.1, -0.05) is 6.92 Å². The maximum Gasteiger partial charge on any atom is 0.120 e. The van der Waals surface area contributed by atoms with Crippen LogP contribution < -0.4 is 4.74 Å². The number of rotatable bonds is 3. The maximum absolute atomic E-state index is 9.93. The minimum atomic E-state index is 0.362. The molecule has 1 saturated heterocycles. The van der Waals surface area contributed by atoms with Gasteiger partial charge in [-0.2, -0.15) is 0 Å². The van der Waals surface area contributed by atoms with Gasteiger partial charge >= 0.3 is 0 Å². The number of phenols is 1. The first kappa shape index (κ1) is 13.2. The zero-order valence-electron chi connectivity index (χ0n) is 11.5. The Morgan fingerprint density at radius 2 is 2.17 bits per heavy atom. The molecule has 1 fully saturated rings. The Kier molecular flexibility index (Phi) is 4.12. The molecule has 3 heteroatoms. The summed E-state index contributed by atoms with van der Waals surface area (Å²) in [4.78, 5) is 2.45. The van der Waals surface area contributed by atoms with Crippen molar-refractivity contribution in [3.8, 4) is 11.5 Å². The SMILES string of the molecule is COc1ccc(O)c(CN2CCCC(C)C2C)c1. The van der Waals surface area contributed by atoms with Crippen LogP contribution in [0.1, 0.15) is 32.3 Å². The van der Waals surface area contributed by atoms with Crippen molar-refractivity contribution in [2.24, 2.45) is 5.92 Å². The number of phenolic OH excluding ortho intramolecular Hbond substituents is 1. The lowest BCUT2D eigenvalue weighted by Crippen LogP contribution is -2.41. The van der Waals surface area contributed by atoms with Crippen molar-refractivity contribution >= 4 is 0 Å². The summed E-state index contributed by atoms with van der Waals surface area (Å²) in [7, 11) is 1.65. The van der Waals surface area contributed by atoms with Crippen LogP contribution in [0.3, 0.4) is 0 Å². The predicted molar refractivity (Wildman–Crippen MR) is 72.9 cm³/mol. The quantitative estimate of drug-likeness (QED) is 0.893. The first-order valence-corrected chi connectivity index (χ1v) is 6.71. The summed E-state index contributed by atoms with van der Waals surface area (Å²) >= 11 is 0. The third-order valence-corrected chi connectivity index (χ3v) is 4.16. The molecule has 18 heavy (non-hydrogen) atoms. The van der Waals surface area contributed by atoms with Crippen molar-refractivity contribution in [2.75, 3.05) is 13.7 Å². The summed E-state index contributed by atoms with van der Waals surface area (Å²) in [6.07, 6.45) is 2.55. The molecule has 0 radical (unpaired) electrons. The minimum Gasteiger partial charge on any atom is -0.508 e. The highest BCUT2D eigenvalue weighted by molar-refractivity contribution is 5.39. The maximum atomic E-state index is 9.93. The van der Waals surface area contributed by atoms with Crippen molar-refractivity contribution < 1.29 is 9.84 Å². The number of nitrogens with zero attached hydrogens (tertiary/aromatic N) is 1. The summed E-state index contributed by atoms with van der Waals surface area (Å²) in [6.45, 7) is 6.50. The highest BCUT2D eigenvalue weighted by atomic mass is 16.5. The highest BCUT2D eigenvalue weighted by Gasteiger charge is 2.25. The van der Waals surface area contributed by atoms with E-state index >= 15 is 0 Å². The number of methoxy groups -OCH3 is 1. The van der Waals surface area contributed by atoms with E-state index in [1.165, 1.54) is 12.8 Å². The van der Waals surface area contributed by atoms with Gasteiger partial charge in [0, 0.05) is 18.2 Å². The van der Waals surface area contributed by atoms with Gasteiger partial charge in [0.25, 0.3) is 0 Å². The Bertz CT molecular complexity index is 405. The molecule has 2 atom stereocenters. The van der Waals surface area contributed by atoms with Crippen LogP contribution in [0.4, 0.5) is 0 Å². The Hall–Kier alpha value is -1.22. The fourth-order valence-corrected chi connectivity index (χ4v) is 2.68. The number of piperidine rings is 1. The number of likely N-dealkylation sites (tertiary alicyclic amines) is 1. The Labute approximate surface area is 109 Å². The van der Waals surface area contributed by atoms with Crippen LogP contribution in [0.5, 0.6) is 11.5 Å². The Balaban J connectivity index is 2.12. The molecular formula is C15H23NO2. The molecule has 1 aromatic rings. The number of hydrogen-bond donors (Lipinski definition) is 1. The van der Waals surface area contributed by atoms with Crippen LogP contribution in [0, 0.1) is 5.92 Å². The second-order valence-corrected chi connectivity index (χ2v) is 5.33. The number of hydrogen-bond acceptors (Lipinski definition) is 3. The van der Waals surface area contributed by atoms with E-state index in [0.717, 1.165) is 30.3 Å². The van der Waals surface area contributed by atoms with Gasteiger partial charge in [-0.05, 0) is 50.4 Å². The molecule has 0 bridgehead atoms. The van der Waals surface area contributed by atoms with Gasteiger partial charge in [-0.15, -0.1) is 0 Å². The zero-order chi connectivity index (χ0) is 13.1. The van der Waals surface area contributed by atoms with E-state index in [9.17, 15) is 5.11 Å². The van der Waals surface area contributed by atoms with E-state index in [1.807, 2.05) is 6.07 Å². The lowest BCUT2D eigenvalue weighted by atomic mass is 9.91. The highest BCUT2D eigenvalue weighted by Crippen LogP contribution is 2.29. The molecule has 0 aromatic heterocycles. The summed E-state index contributed by atoms with van der Waals surface area (Å²) < 4.78 is 5.22. The summed E-state index contributed by atoms with van der Waals surface area (Å²) in [5, 5.41) is 9.93. The van der Waals surface area contributed by atoms with E-state index < -0.39 is 0 Å². The van der Waals surface area contributed by atoms with Crippen LogP contribution in [-0.2, 0) is 6.54 Å². The van der Waals surface area contributed by atoms with E-state index in [4.69, 9.17) is 4.74 Å². The van der Waals surface area contributed by atoms with Crippen LogP contribution in [0.15, 0.2) is 18.2 Å². The first-order chi connectivity index (χ1) is 8.61. The van der Waals surface area contributed by atoms with Gasteiger partial charge in [0.15, 0.2) is 0 Å². The van der Waals surface area contributed by atoms with Crippen molar-refractivity contribution in [3.05, 3.63) is 23.8 Å². The molecule has 0 amide bonds. The molecule has 1 aromatic carbocycles. The summed E-state index contributed by atoms with van der Waals surface area (Å²) in [6, 6.07) is 6.01. The molecule has 0 spiro atoms. The van der Waals surface area contributed by atoms with E-state index in [2.05, 4.69) is 18.7 Å². The fourth-order valence-electron chi connectivity index (χ4n) is 2.68. The molecular weight excluding hydrogens is 226 g/mol. The Morgan fingerprint density at radius 3 is 2.89 bits per heavy atom. The smallest absolute Gasteiger partial charge is 0.120 e. The van der Waals surface area contributed by atoms with Crippen molar-refractivity contribution in [2.45, 2.75) is 39.3 Å². The molecule has 2 rings (SSSR count). The molecule has 3 nitrogen and oxygen atoms in total. The van der Waals surface area contributed by atoms with Crippen LogP contribution >= 0.6 is 0 Å². The van der Waals surface area contributed by atoms with Crippen molar-refractivity contribution in [3.63, 3.8) is 0 Å². The standard InChI is InChI=1S/C15H23NO2/c1-11-5-4-8-16(12(11)2)10-13-9-14(18-3)6-7-15(13)17/h6-7,9,11-12,17H,4-5,8,10H2,1-3H3. The van der Waals surface area contributed by atoms with Crippen LogP contribution in [0.2, 0.25) is 0 Å². The first-order valence-electron chi connectivity index (χ1n) is 6.71. The second kappa shape index (κ2) is 5.61. The molecule has 1 aliphatic rings. The van der Waals surface area contributed by atoms with E-state index in [-0.39, 0.29) is 0 Å². The molecule has 0 saturated carbocycles. The normalized spacial score (nSPS) is 25.1. The lowest BCUT2D eigenvalue weighted by molar-refractivity contribution is 0.105. The van der Waals surface area contributed by atoms with Crippen molar-refractivity contribution in [1.29, 1.82) is 0 Å². The summed E-state index contributed by atoms with van der Waals surface area (Å²) in [5.41, 5.74) is 0.954. The van der Waals surface area contributed by atoms with Gasteiger partial charge < -0.3 is 9.84 Å². The predicted octanol–water partition coefficient (Wildman–Crippen LogP) is 3.02. The third kappa shape index (κ3) is 2.78. The number of aromatic hydroxyl groups is 1. The molecule has 2 unspecified atom stereocenters. The lowest BCUT2D eigenvalue weighted by Gasteiger charge is -2.38. The molecule has 1 heterocycles. The molecule has 1 aliphatic heterocycles. The van der Waals surface area contributed by atoms with E-state index in [1.54, 1.807) is 19.2 Å². The molecule has 0 aliphatic carbocycles. The van der Waals surface area contributed by atoms with Gasteiger partial charge in [-0.25, -0.2) is 0 Å². The average molecular weight is 249 g/mol. The van der Waals surface area contributed by atoms with E-state index in [0.29, 0.717) is 11.8 Å². The largest absolute Gasteiger partial charge is 0.508 e. The van der Waals surface area contributed by atoms with Gasteiger partial charge in [-0.3, -0.25) is 4.90 Å². The number of benzene rings is 1. The minimum absolute atomic E-state index is 0.362. The number of ether oxygens (including phenoxy) is 1. The topological polar surface area (TPSA) is 32.7 Å². The third-order valence-electron chi connectivity index (χ3n) is 4.16. The molecule has 100 valence electrons. The monoisotopic (exact) mass is 249 g/mol. The van der Waals surface area contributed by atoms with Gasteiger partial charge in [0.1, 0.15) is 11.5 Å². The average Bonchev–Trinajstić information content (AvgIpc) is 2.37. The fraction of sp³-hybridized carbons (Fsp3) is 0.600. The van der Waals surface area contributed by atoms with Gasteiger partial charge in [0.05, 0.1) is 7.11 Å². The zero-order valence-corrected chi connectivity index (χ0v) is 11.5.